The second-order valence-electron chi connectivity index (χ2n) is 7.53. The van der Waals surface area contributed by atoms with E-state index in [0.717, 1.165) is 22.5 Å². The van der Waals surface area contributed by atoms with E-state index in [1.54, 1.807) is 4.90 Å². The van der Waals surface area contributed by atoms with Gasteiger partial charge in [0.05, 0.1) is 18.2 Å². The monoisotopic (exact) mass is 405 g/mol. The van der Waals surface area contributed by atoms with Crippen molar-refractivity contribution < 1.29 is 19.1 Å². The molecule has 7 nitrogen and oxygen atoms in total. The lowest BCUT2D eigenvalue weighted by atomic mass is 10.1. The summed E-state index contributed by atoms with van der Waals surface area (Å²) in [5.74, 6) is -1.59. The van der Waals surface area contributed by atoms with Gasteiger partial charge in [0.15, 0.2) is 6.61 Å². The second kappa shape index (κ2) is 8.49. The third-order valence-electron chi connectivity index (χ3n) is 5.34. The number of rotatable bonds is 5. The van der Waals surface area contributed by atoms with E-state index in [1.165, 1.54) is 5.01 Å². The minimum atomic E-state index is -0.575. The van der Waals surface area contributed by atoms with Crippen LogP contribution < -0.4 is 4.90 Å². The van der Waals surface area contributed by atoms with Gasteiger partial charge in [-0.3, -0.25) is 14.4 Å². The lowest BCUT2D eigenvalue weighted by molar-refractivity contribution is -0.155. The minimum Gasteiger partial charge on any atom is -0.455 e. The number of aryl methyl sites for hydroxylation is 1. The highest BCUT2D eigenvalue weighted by Crippen LogP contribution is 2.26. The summed E-state index contributed by atoms with van der Waals surface area (Å²) in [6.07, 6.45) is 0.743. The molecule has 0 N–H and O–H groups in total. The fraction of sp³-hybridized carbons (Fsp3) is 0.304. The van der Waals surface area contributed by atoms with Gasteiger partial charge in [0, 0.05) is 25.1 Å². The number of carbonyl (C=O) groups excluding carboxylic acids is 3. The standard InChI is InChI=1S/C23H23N3O4/c1-16-7-9-19(10-8-16)25-14-18(13-21(25)27)23(29)30-15-22(28)26-12-11-20(24-26)17-5-3-2-4-6-17/h2-10,18H,11-15H2,1H3/t18-/m0/s1. The Bertz CT molecular complexity index is 985. The number of ether oxygens (including phenoxy) is 1. The molecule has 0 unspecified atom stereocenters. The zero-order valence-electron chi connectivity index (χ0n) is 16.8. The smallest absolute Gasteiger partial charge is 0.311 e. The minimum absolute atomic E-state index is 0.0842. The highest BCUT2D eigenvalue weighted by Gasteiger charge is 2.36. The third kappa shape index (κ3) is 4.25. The van der Waals surface area contributed by atoms with Crippen LogP contribution in [0.3, 0.4) is 0 Å². The summed E-state index contributed by atoms with van der Waals surface area (Å²) in [5, 5.41) is 5.69. The second-order valence-corrected chi connectivity index (χ2v) is 7.53. The van der Waals surface area contributed by atoms with E-state index in [1.807, 2.05) is 61.5 Å². The molecule has 0 bridgehead atoms. The maximum atomic E-state index is 12.4. The van der Waals surface area contributed by atoms with Crippen molar-refractivity contribution in [2.24, 2.45) is 11.0 Å². The molecular weight excluding hydrogens is 382 g/mol. The molecule has 2 aliphatic rings. The number of hydrogen-bond acceptors (Lipinski definition) is 5. The van der Waals surface area contributed by atoms with Gasteiger partial charge in [-0.25, -0.2) is 5.01 Å². The number of nitrogens with zero attached hydrogens (tertiary/aromatic N) is 3. The predicted molar refractivity (Wildman–Crippen MR) is 112 cm³/mol. The van der Waals surface area contributed by atoms with Gasteiger partial charge in [0.25, 0.3) is 5.91 Å². The van der Waals surface area contributed by atoms with Gasteiger partial charge in [-0.2, -0.15) is 5.10 Å². The Balaban J connectivity index is 1.30. The third-order valence-corrected chi connectivity index (χ3v) is 5.34. The average Bonchev–Trinajstić information content (AvgIpc) is 3.40. The first-order valence-electron chi connectivity index (χ1n) is 9.98. The van der Waals surface area contributed by atoms with Crippen LogP contribution in [0.5, 0.6) is 0 Å². The SMILES string of the molecule is Cc1ccc(N2C[C@@H](C(=O)OCC(=O)N3CCC(c4ccccc4)=N3)CC2=O)cc1. The lowest BCUT2D eigenvalue weighted by Crippen LogP contribution is -2.31. The van der Waals surface area contributed by atoms with Crippen LogP contribution in [0, 0.1) is 12.8 Å². The Labute approximate surface area is 174 Å². The highest BCUT2D eigenvalue weighted by molar-refractivity contribution is 6.03. The summed E-state index contributed by atoms with van der Waals surface area (Å²) in [6, 6.07) is 17.2. The van der Waals surface area contributed by atoms with Crippen LogP contribution in [0.15, 0.2) is 59.7 Å². The number of carbonyl (C=O) groups is 3. The average molecular weight is 405 g/mol. The fourth-order valence-corrected chi connectivity index (χ4v) is 3.64. The van der Waals surface area contributed by atoms with Crippen molar-refractivity contribution in [1.82, 2.24) is 5.01 Å². The van der Waals surface area contributed by atoms with Gasteiger partial charge < -0.3 is 9.64 Å². The first-order chi connectivity index (χ1) is 14.5. The summed E-state index contributed by atoms with van der Waals surface area (Å²) >= 11 is 0. The van der Waals surface area contributed by atoms with Gasteiger partial charge in [-0.1, -0.05) is 48.0 Å². The summed E-state index contributed by atoms with van der Waals surface area (Å²) in [6.45, 7) is 2.32. The number of hydrazone groups is 1. The molecule has 30 heavy (non-hydrogen) atoms. The van der Waals surface area contributed by atoms with Crippen molar-refractivity contribution in [1.29, 1.82) is 0 Å². The maximum absolute atomic E-state index is 12.4. The van der Waals surface area contributed by atoms with Crippen molar-refractivity contribution in [3.8, 4) is 0 Å². The molecule has 0 aliphatic carbocycles. The predicted octanol–water partition coefficient (Wildman–Crippen LogP) is 2.53. The first-order valence-corrected chi connectivity index (χ1v) is 9.98. The molecule has 4 rings (SSSR count). The summed E-state index contributed by atoms with van der Waals surface area (Å²) in [7, 11) is 0. The zero-order chi connectivity index (χ0) is 21.1. The molecule has 2 heterocycles. The van der Waals surface area contributed by atoms with Crippen LogP contribution in [0.25, 0.3) is 0 Å². The molecule has 2 aliphatic heterocycles. The van der Waals surface area contributed by atoms with Gasteiger partial charge in [0.2, 0.25) is 5.91 Å². The molecule has 0 aromatic heterocycles. The molecule has 154 valence electrons. The van der Waals surface area contributed by atoms with Crippen LogP contribution in [-0.4, -0.2) is 48.2 Å². The van der Waals surface area contributed by atoms with Gasteiger partial charge in [-0.05, 0) is 24.6 Å². The molecule has 0 saturated carbocycles. The van der Waals surface area contributed by atoms with E-state index in [-0.39, 0.29) is 31.4 Å². The number of benzene rings is 2. The Morgan fingerprint density at radius 2 is 1.83 bits per heavy atom. The quantitative estimate of drug-likeness (QED) is 0.716. The number of hydrogen-bond donors (Lipinski definition) is 0. The fourth-order valence-electron chi connectivity index (χ4n) is 3.64. The van der Waals surface area contributed by atoms with E-state index in [2.05, 4.69) is 5.10 Å². The normalized spacial score (nSPS) is 18.5. The molecule has 2 aromatic rings. The van der Waals surface area contributed by atoms with Crippen LogP contribution in [0.4, 0.5) is 5.69 Å². The molecule has 0 spiro atoms. The van der Waals surface area contributed by atoms with Crippen molar-refractivity contribution >= 4 is 29.2 Å². The molecule has 1 saturated heterocycles. The van der Waals surface area contributed by atoms with E-state index in [9.17, 15) is 14.4 Å². The lowest BCUT2D eigenvalue weighted by Gasteiger charge is -2.17. The van der Waals surface area contributed by atoms with Crippen molar-refractivity contribution in [2.45, 2.75) is 19.8 Å². The summed E-state index contributed by atoms with van der Waals surface area (Å²) in [5.41, 5.74) is 3.67. The summed E-state index contributed by atoms with van der Waals surface area (Å²) in [4.78, 5) is 38.7. The maximum Gasteiger partial charge on any atom is 0.311 e. The first kappa shape index (κ1) is 19.8. The molecule has 2 aromatic carbocycles. The van der Waals surface area contributed by atoms with Crippen molar-refractivity contribution in [3.63, 3.8) is 0 Å². The van der Waals surface area contributed by atoms with Crippen LogP contribution >= 0.6 is 0 Å². The molecule has 7 heteroatoms. The Morgan fingerprint density at radius 3 is 2.57 bits per heavy atom. The molecule has 2 amide bonds. The van der Waals surface area contributed by atoms with Crippen LogP contribution in [0.1, 0.15) is 24.0 Å². The number of anilines is 1. The molecular formula is C23H23N3O4. The Morgan fingerprint density at radius 1 is 1.10 bits per heavy atom. The van der Waals surface area contributed by atoms with Gasteiger partial charge in [0.1, 0.15) is 0 Å². The van der Waals surface area contributed by atoms with E-state index >= 15 is 0 Å². The van der Waals surface area contributed by atoms with Crippen LogP contribution in [-0.2, 0) is 19.1 Å². The Kier molecular flexibility index (Phi) is 5.61. The molecule has 1 fully saturated rings. The van der Waals surface area contributed by atoms with Gasteiger partial charge in [-0.15, -0.1) is 0 Å². The number of amides is 2. The topological polar surface area (TPSA) is 79.3 Å². The van der Waals surface area contributed by atoms with Crippen molar-refractivity contribution in [2.75, 3.05) is 24.6 Å². The molecule has 1 atom stereocenters. The summed E-state index contributed by atoms with van der Waals surface area (Å²) < 4.78 is 5.21. The van der Waals surface area contributed by atoms with E-state index in [4.69, 9.17) is 4.74 Å². The van der Waals surface area contributed by atoms with E-state index < -0.39 is 11.9 Å². The highest BCUT2D eigenvalue weighted by atomic mass is 16.5. The Hall–Kier alpha value is -3.48. The van der Waals surface area contributed by atoms with Crippen molar-refractivity contribution in [3.05, 3.63) is 65.7 Å². The van der Waals surface area contributed by atoms with Crippen LogP contribution in [0.2, 0.25) is 0 Å². The van der Waals surface area contributed by atoms with E-state index in [0.29, 0.717) is 13.0 Å². The number of esters is 1. The zero-order valence-corrected chi connectivity index (χ0v) is 16.8. The van der Waals surface area contributed by atoms with Gasteiger partial charge >= 0.3 is 5.97 Å². The largest absolute Gasteiger partial charge is 0.455 e. The molecule has 0 radical (unpaired) electrons.